The summed E-state index contributed by atoms with van der Waals surface area (Å²) in [6.45, 7) is 4.60. The second kappa shape index (κ2) is 11.1. The highest BCUT2D eigenvalue weighted by Crippen LogP contribution is 2.13. The van der Waals surface area contributed by atoms with E-state index in [0.29, 0.717) is 18.7 Å². The van der Waals surface area contributed by atoms with Crippen molar-refractivity contribution in [3.63, 3.8) is 0 Å². The van der Waals surface area contributed by atoms with E-state index in [0.717, 1.165) is 18.6 Å². The van der Waals surface area contributed by atoms with Crippen LogP contribution >= 0.6 is 11.8 Å². The van der Waals surface area contributed by atoms with Crippen LogP contribution in [0.25, 0.3) is 0 Å². The maximum atomic E-state index is 12.1. The Hall–Kier alpha value is -1.49. The van der Waals surface area contributed by atoms with Crippen molar-refractivity contribution in [2.45, 2.75) is 44.9 Å². The van der Waals surface area contributed by atoms with Gasteiger partial charge in [-0.15, -0.1) is 0 Å². The van der Waals surface area contributed by atoms with Crippen LogP contribution in [0.4, 0.5) is 0 Å². The molecule has 2 N–H and O–H groups in total. The molecule has 0 heterocycles. The molecule has 2 amide bonds. The molecule has 22 heavy (non-hydrogen) atoms. The zero-order chi connectivity index (χ0) is 16.2. The fourth-order valence-electron chi connectivity index (χ4n) is 1.92. The van der Waals surface area contributed by atoms with Crippen molar-refractivity contribution in [2.24, 2.45) is 0 Å². The van der Waals surface area contributed by atoms with Crippen LogP contribution in [-0.4, -0.2) is 30.2 Å². The summed E-state index contributed by atoms with van der Waals surface area (Å²) in [6, 6.07) is 9.66. The van der Waals surface area contributed by atoms with Crippen molar-refractivity contribution in [3.8, 4) is 0 Å². The highest BCUT2D eigenvalue weighted by Gasteiger charge is 2.19. The van der Waals surface area contributed by atoms with Gasteiger partial charge in [-0.1, -0.05) is 44.2 Å². The monoisotopic (exact) mass is 322 g/mol. The third kappa shape index (κ3) is 7.50. The Morgan fingerprint density at radius 2 is 1.86 bits per heavy atom. The largest absolute Gasteiger partial charge is 0.354 e. The van der Waals surface area contributed by atoms with Crippen LogP contribution in [0.5, 0.6) is 0 Å². The third-order valence-electron chi connectivity index (χ3n) is 3.07. The summed E-state index contributed by atoms with van der Waals surface area (Å²) in [6.07, 6.45) is 2.13. The van der Waals surface area contributed by atoms with Gasteiger partial charge in [0.05, 0.1) is 0 Å². The predicted octanol–water partition coefficient (Wildman–Crippen LogP) is 2.73. The number of amides is 2. The van der Waals surface area contributed by atoms with Gasteiger partial charge in [0, 0.05) is 24.5 Å². The lowest BCUT2D eigenvalue weighted by Gasteiger charge is -2.18. The molecular weight excluding hydrogens is 296 g/mol. The van der Waals surface area contributed by atoms with Crippen molar-refractivity contribution in [1.29, 1.82) is 0 Å². The first-order valence-electron chi connectivity index (χ1n) is 7.86. The van der Waals surface area contributed by atoms with Crippen LogP contribution in [0.15, 0.2) is 30.3 Å². The van der Waals surface area contributed by atoms with Gasteiger partial charge in [-0.05, 0) is 18.4 Å². The van der Waals surface area contributed by atoms with E-state index in [1.165, 1.54) is 5.56 Å². The van der Waals surface area contributed by atoms with E-state index in [9.17, 15) is 9.59 Å². The molecule has 0 aliphatic carbocycles. The first kappa shape index (κ1) is 18.6. The van der Waals surface area contributed by atoms with E-state index >= 15 is 0 Å². The van der Waals surface area contributed by atoms with Gasteiger partial charge in [-0.25, -0.2) is 0 Å². The summed E-state index contributed by atoms with van der Waals surface area (Å²) < 4.78 is 0. The lowest BCUT2D eigenvalue weighted by Crippen LogP contribution is -2.48. The number of carbonyl (C=O) groups is 2. The van der Waals surface area contributed by atoms with Crippen molar-refractivity contribution < 1.29 is 9.59 Å². The first-order chi connectivity index (χ1) is 10.7. The van der Waals surface area contributed by atoms with Gasteiger partial charge < -0.3 is 10.6 Å². The Labute approximate surface area is 137 Å². The van der Waals surface area contributed by atoms with Gasteiger partial charge in [-0.2, -0.15) is 11.8 Å². The molecule has 1 aromatic carbocycles. The number of nitrogens with one attached hydrogen (secondary N) is 2. The second-order valence-electron chi connectivity index (χ2n) is 5.16. The van der Waals surface area contributed by atoms with Crippen LogP contribution in [0.2, 0.25) is 0 Å². The lowest BCUT2D eigenvalue weighted by molar-refractivity contribution is -0.128. The normalized spacial score (nSPS) is 11.7. The number of carbonyl (C=O) groups excluding carboxylic acids is 2. The predicted molar refractivity (Wildman–Crippen MR) is 92.7 cm³/mol. The molecule has 0 bridgehead atoms. The maximum absolute atomic E-state index is 12.1. The van der Waals surface area contributed by atoms with E-state index in [-0.39, 0.29) is 11.8 Å². The Balaban J connectivity index is 2.49. The fourth-order valence-corrected chi connectivity index (χ4v) is 2.93. The summed E-state index contributed by atoms with van der Waals surface area (Å²) in [5.41, 5.74) is 1.22. The van der Waals surface area contributed by atoms with Gasteiger partial charge in [0.2, 0.25) is 11.8 Å². The van der Waals surface area contributed by atoms with Gasteiger partial charge in [0.15, 0.2) is 0 Å². The topological polar surface area (TPSA) is 58.2 Å². The Morgan fingerprint density at radius 1 is 1.14 bits per heavy atom. The molecule has 122 valence electrons. The van der Waals surface area contributed by atoms with Crippen LogP contribution in [-0.2, 0) is 15.3 Å². The van der Waals surface area contributed by atoms with E-state index in [2.05, 4.69) is 22.8 Å². The smallest absolute Gasteiger partial charge is 0.243 e. The first-order valence-corrected chi connectivity index (χ1v) is 9.01. The summed E-state index contributed by atoms with van der Waals surface area (Å²) in [5, 5.41) is 5.70. The zero-order valence-electron chi connectivity index (χ0n) is 13.4. The quantitative estimate of drug-likeness (QED) is 0.696. The van der Waals surface area contributed by atoms with E-state index in [1.54, 1.807) is 11.8 Å². The summed E-state index contributed by atoms with van der Waals surface area (Å²) in [5.74, 6) is 1.27. The lowest BCUT2D eigenvalue weighted by atomic mass is 10.2. The molecule has 1 atom stereocenters. The number of thioether (sulfide) groups is 1. The van der Waals surface area contributed by atoms with Crippen LogP contribution < -0.4 is 10.6 Å². The molecule has 0 aliphatic rings. The molecule has 4 nitrogen and oxygen atoms in total. The molecule has 0 fully saturated rings. The number of hydrogen-bond acceptors (Lipinski definition) is 3. The standard InChI is InChI=1S/C17H26N2O2S/c1-3-8-16(20)19-15(17(21)18-11-4-2)13-22-12-14-9-6-5-7-10-14/h5-7,9-10,15H,3-4,8,11-13H2,1-2H3,(H,18,21)(H,19,20)/t15-/m1/s1. The Bertz CT molecular complexity index is 451. The minimum atomic E-state index is -0.459. The molecule has 5 heteroatoms. The minimum Gasteiger partial charge on any atom is -0.354 e. The number of rotatable bonds is 10. The van der Waals surface area contributed by atoms with Crippen molar-refractivity contribution in [2.75, 3.05) is 12.3 Å². The van der Waals surface area contributed by atoms with Crippen molar-refractivity contribution in [1.82, 2.24) is 10.6 Å². The average molecular weight is 322 g/mol. The summed E-state index contributed by atoms with van der Waals surface area (Å²) in [7, 11) is 0. The molecule has 0 aliphatic heterocycles. The molecule has 0 saturated heterocycles. The number of hydrogen-bond donors (Lipinski definition) is 2. The fraction of sp³-hybridized carbons (Fsp3) is 0.529. The van der Waals surface area contributed by atoms with Crippen molar-refractivity contribution >= 4 is 23.6 Å². The summed E-state index contributed by atoms with van der Waals surface area (Å²) >= 11 is 1.66. The molecule has 1 rings (SSSR count). The molecule has 0 spiro atoms. The van der Waals surface area contributed by atoms with Gasteiger partial charge >= 0.3 is 0 Å². The van der Waals surface area contributed by atoms with E-state index in [4.69, 9.17) is 0 Å². The highest BCUT2D eigenvalue weighted by molar-refractivity contribution is 7.98. The van der Waals surface area contributed by atoms with Crippen LogP contribution in [0.3, 0.4) is 0 Å². The molecule has 0 saturated carbocycles. The molecule has 1 aromatic rings. The maximum Gasteiger partial charge on any atom is 0.243 e. The van der Waals surface area contributed by atoms with Crippen LogP contribution in [0, 0.1) is 0 Å². The minimum absolute atomic E-state index is 0.0561. The van der Waals surface area contributed by atoms with Crippen molar-refractivity contribution in [3.05, 3.63) is 35.9 Å². The third-order valence-corrected chi connectivity index (χ3v) is 4.18. The van der Waals surface area contributed by atoms with Crippen LogP contribution in [0.1, 0.15) is 38.7 Å². The van der Waals surface area contributed by atoms with E-state index < -0.39 is 6.04 Å². The van der Waals surface area contributed by atoms with Gasteiger partial charge in [0.25, 0.3) is 0 Å². The molecule has 0 radical (unpaired) electrons. The molecular formula is C17H26N2O2S. The van der Waals surface area contributed by atoms with E-state index in [1.807, 2.05) is 32.0 Å². The SMILES string of the molecule is CCCNC(=O)[C@@H](CSCc1ccccc1)NC(=O)CCC. The molecule has 0 aromatic heterocycles. The Kier molecular flexibility index (Phi) is 9.39. The Morgan fingerprint density at radius 3 is 2.50 bits per heavy atom. The summed E-state index contributed by atoms with van der Waals surface area (Å²) in [4.78, 5) is 23.9. The average Bonchev–Trinajstić information content (AvgIpc) is 2.53. The highest BCUT2D eigenvalue weighted by atomic mass is 32.2. The molecule has 0 unspecified atom stereocenters. The zero-order valence-corrected chi connectivity index (χ0v) is 14.2. The number of benzene rings is 1. The second-order valence-corrected chi connectivity index (χ2v) is 6.19. The van der Waals surface area contributed by atoms with Gasteiger partial charge in [-0.3, -0.25) is 9.59 Å². The van der Waals surface area contributed by atoms with Gasteiger partial charge in [0.1, 0.15) is 6.04 Å².